The average Bonchev–Trinajstić information content (AvgIpc) is 2.47. The van der Waals surface area contributed by atoms with Crippen molar-refractivity contribution in [2.75, 3.05) is 0 Å². The first-order valence-electron chi connectivity index (χ1n) is 7.04. The van der Waals surface area contributed by atoms with E-state index in [9.17, 15) is 45.5 Å². The molecule has 1 rings (SSSR count). The van der Waals surface area contributed by atoms with Crippen molar-refractivity contribution < 1.29 is 45.5 Å². The Morgan fingerprint density at radius 3 is 1.72 bits per heavy atom. The molecule has 4 amide bonds. The van der Waals surface area contributed by atoms with Gasteiger partial charge in [-0.1, -0.05) is 20.3 Å². The van der Waals surface area contributed by atoms with Crippen LogP contribution >= 0.6 is 0 Å². The molecule has 6 nitrogen and oxygen atoms in total. The third kappa shape index (κ3) is 3.76. The molecule has 0 radical (unpaired) electrons. The van der Waals surface area contributed by atoms with Crippen LogP contribution in [-0.4, -0.2) is 57.9 Å². The summed E-state index contributed by atoms with van der Waals surface area (Å²) in [7, 11) is 0. The topological polar surface area (TPSA) is 74.8 Å². The van der Waals surface area contributed by atoms with E-state index in [1.807, 2.05) is 0 Å². The second-order valence-corrected chi connectivity index (χ2v) is 5.53. The van der Waals surface area contributed by atoms with Crippen molar-refractivity contribution in [2.45, 2.75) is 51.6 Å². The van der Waals surface area contributed by atoms with Crippen LogP contribution in [0.5, 0.6) is 0 Å². The fourth-order valence-corrected chi connectivity index (χ4v) is 2.39. The Morgan fingerprint density at radius 2 is 1.36 bits per heavy atom. The van der Waals surface area contributed by atoms with Gasteiger partial charge >= 0.3 is 24.2 Å². The van der Waals surface area contributed by atoms with Crippen molar-refractivity contribution in [1.82, 2.24) is 9.80 Å². The molecule has 3 unspecified atom stereocenters. The number of amides is 4. The van der Waals surface area contributed by atoms with Crippen molar-refractivity contribution in [3.05, 3.63) is 0 Å². The molecular weight excluding hydrogens is 362 g/mol. The highest BCUT2D eigenvalue weighted by molar-refractivity contribution is 6.13. The molecule has 1 aliphatic rings. The lowest BCUT2D eigenvalue weighted by Crippen LogP contribution is -2.70. The molecule has 3 atom stereocenters. The Hall–Kier alpha value is -2.14. The lowest BCUT2D eigenvalue weighted by molar-refractivity contribution is -0.205. The van der Waals surface area contributed by atoms with E-state index in [-0.39, 0.29) is 11.3 Å². The minimum Gasteiger partial charge on any atom is -0.272 e. The van der Waals surface area contributed by atoms with Crippen LogP contribution in [0.15, 0.2) is 0 Å². The number of hydrogen-bond acceptors (Lipinski definition) is 4. The zero-order chi connectivity index (χ0) is 19.9. The van der Waals surface area contributed by atoms with Gasteiger partial charge < -0.3 is 0 Å². The van der Waals surface area contributed by atoms with Crippen molar-refractivity contribution >= 4 is 23.6 Å². The van der Waals surface area contributed by atoms with Crippen LogP contribution in [0.2, 0.25) is 0 Å². The largest absolute Gasteiger partial charge is 0.471 e. The smallest absolute Gasteiger partial charge is 0.272 e. The molecule has 0 aliphatic carbocycles. The molecule has 25 heavy (non-hydrogen) atoms. The molecular formula is C13H14F6N2O4. The van der Waals surface area contributed by atoms with E-state index < -0.39 is 58.9 Å². The number of hydrogen-bond donors (Lipinski definition) is 0. The highest BCUT2D eigenvalue weighted by Gasteiger charge is 2.59. The van der Waals surface area contributed by atoms with Crippen LogP contribution in [0.3, 0.4) is 0 Å². The Morgan fingerprint density at radius 1 is 0.960 bits per heavy atom. The maximum atomic E-state index is 12.7. The summed E-state index contributed by atoms with van der Waals surface area (Å²) >= 11 is 0. The number of imide groups is 2. The average molecular weight is 376 g/mol. The number of halogens is 6. The minimum absolute atomic E-state index is 0.0340. The Bertz CT molecular complexity index is 600. The maximum Gasteiger partial charge on any atom is 0.471 e. The van der Waals surface area contributed by atoms with Gasteiger partial charge in [0, 0.05) is 0 Å². The van der Waals surface area contributed by atoms with Gasteiger partial charge in [-0.3, -0.25) is 29.0 Å². The van der Waals surface area contributed by atoms with E-state index in [4.69, 9.17) is 0 Å². The molecule has 0 aromatic rings. The van der Waals surface area contributed by atoms with Gasteiger partial charge in [0.1, 0.15) is 12.1 Å². The summed E-state index contributed by atoms with van der Waals surface area (Å²) in [6, 6.07) is -4.36. The number of rotatable bonds is 2. The fraction of sp³-hybridized carbons (Fsp3) is 0.692. The van der Waals surface area contributed by atoms with E-state index in [0.29, 0.717) is 6.92 Å². The maximum absolute atomic E-state index is 12.7. The Labute approximate surface area is 137 Å². The van der Waals surface area contributed by atoms with Crippen LogP contribution in [0, 0.1) is 5.92 Å². The first-order chi connectivity index (χ1) is 11.2. The summed E-state index contributed by atoms with van der Waals surface area (Å²) in [5, 5.41) is 0. The summed E-state index contributed by atoms with van der Waals surface area (Å²) < 4.78 is 76.1. The number of carbonyl (C=O) groups excluding carboxylic acids is 4. The number of alkyl halides is 6. The van der Waals surface area contributed by atoms with Gasteiger partial charge in [-0.15, -0.1) is 0 Å². The normalized spacial score (nSPS) is 23.7. The standard InChI is InChI=1S/C13H14F6N2O4/c1-4-5(2)7-9(23)20(10(24)12(14,15)16)6(3)8(22)21(7)11(25)13(17,18)19/h5-7H,4H2,1-3H3. The molecule has 0 bridgehead atoms. The Balaban J connectivity index is 3.47. The molecule has 1 aliphatic heterocycles. The van der Waals surface area contributed by atoms with Gasteiger partial charge in [0.25, 0.3) is 11.8 Å². The SMILES string of the molecule is CCC(C)C1C(=O)N(C(=O)C(F)(F)F)C(C)C(=O)N1C(=O)C(F)(F)F. The van der Waals surface area contributed by atoms with E-state index in [1.54, 1.807) is 0 Å². The summed E-state index contributed by atoms with van der Waals surface area (Å²) in [4.78, 5) is 46.6. The summed E-state index contributed by atoms with van der Waals surface area (Å²) in [6.07, 6.45) is -11.1. The van der Waals surface area contributed by atoms with Gasteiger partial charge in [0.2, 0.25) is 0 Å². The third-order valence-electron chi connectivity index (χ3n) is 3.86. The van der Waals surface area contributed by atoms with Gasteiger partial charge in [-0.05, 0) is 12.8 Å². The summed E-state index contributed by atoms with van der Waals surface area (Å²) in [5.41, 5.74) is 0. The van der Waals surface area contributed by atoms with E-state index >= 15 is 0 Å². The van der Waals surface area contributed by atoms with Crippen LogP contribution in [0.25, 0.3) is 0 Å². The van der Waals surface area contributed by atoms with Crippen LogP contribution < -0.4 is 0 Å². The molecule has 1 fully saturated rings. The molecule has 1 saturated heterocycles. The molecule has 0 aromatic carbocycles. The molecule has 142 valence electrons. The Kier molecular flexibility index (Phi) is 5.55. The molecule has 0 aromatic heterocycles. The van der Waals surface area contributed by atoms with Gasteiger partial charge in [0.15, 0.2) is 0 Å². The molecule has 12 heteroatoms. The lowest BCUT2D eigenvalue weighted by Gasteiger charge is -2.43. The van der Waals surface area contributed by atoms with Crippen molar-refractivity contribution in [3.8, 4) is 0 Å². The van der Waals surface area contributed by atoms with Crippen molar-refractivity contribution in [1.29, 1.82) is 0 Å². The first kappa shape index (κ1) is 20.9. The van der Waals surface area contributed by atoms with E-state index in [1.165, 1.54) is 13.8 Å². The molecule has 0 N–H and O–H groups in total. The van der Waals surface area contributed by atoms with E-state index in [0.717, 1.165) is 0 Å². The van der Waals surface area contributed by atoms with Crippen molar-refractivity contribution in [3.63, 3.8) is 0 Å². The zero-order valence-corrected chi connectivity index (χ0v) is 13.2. The fourth-order valence-electron chi connectivity index (χ4n) is 2.39. The predicted molar refractivity (Wildman–Crippen MR) is 68.5 cm³/mol. The molecule has 0 saturated carbocycles. The highest BCUT2D eigenvalue weighted by atomic mass is 19.4. The summed E-state index contributed by atoms with van der Waals surface area (Å²) in [6.45, 7) is 3.22. The second-order valence-electron chi connectivity index (χ2n) is 5.53. The predicted octanol–water partition coefficient (Wildman–Crippen LogP) is 1.64. The quantitative estimate of drug-likeness (QED) is 0.687. The van der Waals surface area contributed by atoms with Crippen LogP contribution in [0.4, 0.5) is 26.3 Å². The number of piperazine rings is 1. The minimum atomic E-state index is -5.52. The second kappa shape index (κ2) is 6.64. The number of carbonyl (C=O) groups is 4. The molecule has 1 heterocycles. The lowest BCUT2D eigenvalue weighted by atomic mass is 9.92. The van der Waals surface area contributed by atoms with E-state index in [2.05, 4.69) is 0 Å². The first-order valence-corrected chi connectivity index (χ1v) is 7.04. The zero-order valence-electron chi connectivity index (χ0n) is 13.2. The number of nitrogens with zero attached hydrogens (tertiary/aromatic N) is 2. The van der Waals surface area contributed by atoms with Gasteiger partial charge in [0.05, 0.1) is 0 Å². The monoisotopic (exact) mass is 376 g/mol. The van der Waals surface area contributed by atoms with Crippen molar-refractivity contribution in [2.24, 2.45) is 5.92 Å². The third-order valence-corrected chi connectivity index (χ3v) is 3.86. The van der Waals surface area contributed by atoms with Crippen LogP contribution in [0.1, 0.15) is 27.2 Å². The van der Waals surface area contributed by atoms with Crippen LogP contribution in [-0.2, 0) is 19.2 Å². The van der Waals surface area contributed by atoms with Gasteiger partial charge in [-0.2, -0.15) is 26.3 Å². The molecule has 0 spiro atoms. The highest BCUT2D eigenvalue weighted by Crippen LogP contribution is 2.32. The summed E-state index contributed by atoms with van der Waals surface area (Å²) in [5.74, 6) is -9.82. The van der Waals surface area contributed by atoms with Gasteiger partial charge in [-0.25, -0.2) is 0 Å².